The summed E-state index contributed by atoms with van der Waals surface area (Å²) in [6.07, 6.45) is 1.99. The molecule has 2 N–H and O–H groups in total. The zero-order chi connectivity index (χ0) is 17.5. The molecule has 2 saturated heterocycles. The van der Waals surface area contributed by atoms with E-state index in [-0.39, 0.29) is 24.7 Å². The van der Waals surface area contributed by atoms with E-state index in [1.165, 1.54) is 5.56 Å². The van der Waals surface area contributed by atoms with Crippen molar-refractivity contribution in [2.75, 3.05) is 45.9 Å². The topological polar surface area (TPSA) is 65.0 Å². The molecule has 3 rings (SSSR count). The second kappa shape index (κ2) is 9.17. The van der Waals surface area contributed by atoms with E-state index in [9.17, 15) is 9.90 Å². The Kier molecular flexibility index (Phi) is 6.67. The number of urea groups is 1. The molecule has 0 bridgehead atoms. The van der Waals surface area contributed by atoms with Gasteiger partial charge in [-0.1, -0.05) is 30.3 Å². The fourth-order valence-corrected chi connectivity index (χ4v) is 3.60. The second-order valence-corrected chi connectivity index (χ2v) is 7.04. The number of amides is 2. The highest BCUT2D eigenvalue weighted by Gasteiger charge is 2.25. The van der Waals surface area contributed by atoms with Gasteiger partial charge in [0, 0.05) is 45.9 Å². The van der Waals surface area contributed by atoms with Gasteiger partial charge in [-0.25, -0.2) is 4.79 Å². The minimum atomic E-state index is -0.0399. The fourth-order valence-electron chi connectivity index (χ4n) is 3.60. The number of piperidine rings is 1. The largest absolute Gasteiger partial charge is 0.396 e. The minimum absolute atomic E-state index is 0.0276. The Morgan fingerprint density at radius 3 is 2.88 bits per heavy atom. The summed E-state index contributed by atoms with van der Waals surface area (Å²) in [5, 5.41) is 12.3. The number of carbonyl (C=O) groups excluding carboxylic acids is 1. The van der Waals surface area contributed by atoms with E-state index in [0.29, 0.717) is 19.7 Å². The first kappa shape index (κ1) is 18.2. The predicted molar refractivity (Wildman–Crippen MR) is 96.2 cm³/mol. The maximum absolute atomic E-state index is 12.3. The van der Waals surface area contributed by atoms with E-state index in [1.54, 1.807) is 0 Å². The van der Waals surface area contributed by atoms with Gasteiger partial charge in [0.1, 0.15) is 0 Å². The molecular formula is C19H29N3O3. The molecule has 1 aromatic carbocycles. The normalized spacial score (nSPS) is 24.9. The van der Waals surface area contributed by atoms with Crippen molar-refractivity contribution in [3.05, 3.63) is 35.9 Å². The van der Waals surface area contributed by atoms with Crippen LogP contribution in [0.2, 0.25) is 0 Å². The molecule has 138 valence electrons. The molecular weight excluding hydrogens is 318 g/mol. The van der Waals surface area contributed by atoms with Crippen molar-refractivity contribution in [3.8, 4) is 0 Å². The Hall–Kier alpha value is -1.63. The van der Waals surface area contributed by atoms with Gasteiger partial charge in [-0.15, -0.1) is 0 Å². The molecule has 0 saturated carbocycles. The second-order valence-electron chi connectivity index (χ2n) is 7.04. The van der Waals surface area contributed by atoms with Crippen molar-refractivity contribution >= 4 is 6.03 Å². The van der Waals surface area contributed by atoms with Gasteiger partial charge < -0.3 is 20.1 Å². The molecule has 2 atom stereocenters. The summed E-state index contributed by atoms with van der Waals surface area (Å²) in [6, 6.07) is 10.4. The monoisotopic (exact) mass is 347 g/mol. The first-order chi connectivity index (χ1) is 12.2. The SMILES string of the molecule is O=C(NCC1CN(Cc2ccccc2)CCO1)N1CCCC(CO)C1. The third kappa shape index (κ3) is 5.42. The third-order valence-electron chi connectivity index (χ3n) is 5.02. The number of nitrogens with one attached hydrogen (secondary N) is 1. The summed E-state index contributed by atoms with van der Waals surface area (Å²) in [5.41, 5.74) is 1.30. The van der Waals surface area contributed by atoms with Crippen molar-refractivity contribution in [2.45, 2.75) is 25.5 Å². The molecule has 0 aromatic heterocycles. The van der Waals surface area contributed by atoms with E-state index >= 15 is 0 Å². The Morgan fingerprint density at radius 1 is 1.24 bits per heavy atom. The molecule has 6 nitrogen and oxygen atoms in total. The molecule has 2 fully saturated rings. The van der Waals surface area contributed by atoms with Crippen LogP contribution in [-0.4, -0.2) is 73.0 Å². The number of ether oxygens (including phenoxy) is 1. The zero-order valence-electron chi connectivity index (χ0n) is 14.8. The van der Waals surface area contributed by atoms with Crippen LogP contribution in [0.4, 0.5) is 4.79 Å². The Labute approximate surface area is 149 Å². The fraction of sp³-hybridized carbons (Fsp3) is 0.632. The summed E-state index contributed by atoms with van der Waals surface area (Å²) in [6.45, 7) is 5.47. The van der Waals surface area contributed by atoms with Crippen molar-refractivity contribution in [1.29, 1.82) is 0 Å². The van der Waals surface area contributed by atoms with Crippen molar-refractivity contribution in [1.82, 2.24) is 15.1 Å². The lowest BCUT2D eigenvalue weighted by Crippen LogP contribution is -2.51. The van der Waals surface area contributed by atoms with Crippen LogP contribution in [0, 0.1) is 5.92 Å². The van der Waals surface area contributed by atoms with Crippen LogP contribution in [0.1, 0.15) is 18.4 Å². The van der Waals surface area contributed by atoms with Gasteiger partial charge in [0.15, 0.2) is 0 Å². The van der Waals surface area contributed by atoms with Gasteiger partial charge in [-0.2, -0.15) is 0 Å². The molecule has 2 aliphatic rings. The highest BCUT2D eigenvalue weighted by atomic mass is 16.5. The van der Waals surface area contributed by atoms with E-state index in [0.717, 1.165) is 39.0 Å². The maximum atomic E-state index is 12.3. The molecule has 0 aliphatic carbocycles. The van der Waals surface area contributed by atoms with Crippen LogP contribution in [0.25, 0.3) is 0 Å². The number of likely N-dealkylation sites (tertiary alicyclic amines) is 1. The number of aliphatic hydroxyl groups is 1. The van der Waals surface area contributed by atoms with Crippen LogP contribution >= 0.6 is 0 Å². The molecule has 2 unspecified atom stereocenters. The molecule has 1 aromatic rings. The Morgan fingerprint density at radius 2 is 2.08 bits per heavy atom. The van der Waals surface area contributed by atoms with Crippen molar-refractivity contribution < 1.29 is 14.6 Å². The van der Waals surface area contributed by atoms with Crippen LogP contribution in [-0.2, 0) is 11.3 Å². The van der Waals surface area contributed by atoms with Crippen LogP contribution in [0.15, 0.2) is 30.3 Å². The lowest BCUT2D eigenvalue weighted by Gasteiger charge is -2.35. The minimum Gasteiger partial charge on any atom is -0.396 e. The summed E-state index contributed by atoms with van der Waals surface area (Å²) >= 11 is 0. The summed E-state index contributed by atoms with van der Waals surface area (Å²) in [5.74, 6) is 0.215. The van der Waals surface area contributed by atoms with Gasteiger partial charge in [0.05, 0.1) is 12.7 Å². The molecule has 0 radical (unpaired) electrons. The van der Waals surface area contributed by atoms with E-state index in [4.69, 9.17) is 4.74 Å². The van der Waals surface area contributed by atoms with Gasteiger partial charge in [-0.05, 0) is 24.3 Å². The number of benzene rings is 1. The van der Waals surface area contributed by atoms with Crippen molar-refractivity contribution in [2.24, 2.45) is 5.92 Å². The average Bonchev–Trinajstić information content (AvgIpc) is 2.67. The van der Waals surface area contributed by atoms with Crippen molar-refractivity contribution in [3.63, 3.8) is 0 Å². The average molecular weight is 347 g/mol. The zero-order valence-corrected chi connectivity index (χ0v) is 14.8. The quantitative estimate of drug-likeness (QED) is 0.843. The van der Waals surface area contributed by atoms with Crippen LogP contribution < -0.4 is 5.32 Å². The van der Waals surface area contributed by atoms with Gasteiger partial charge in [0.2, 0.25) is 0 Å². The first-order valence-electron chi connectivity index (χ1n) is 9.26. The van der Waals surface area contributed by atoms with Gasteiger partial charge in [0.25, 0.3) is 0 Å². The predicted octanol–water partition coefficient (Wildman–Crippen LogP) is 1.30. The number of aliphatic hydroxyl groups excluding tert-OH is 1. The molecule has 2 aliphatic heterocycles. The lowest BCUT2D eigenvalue weighted by molar-refractivity contribution is -0.0292. The molecule has 0 spiro atoms. The highest BCUT2D eigenvalue weighted by Crippen LogP contribution is 2.16. The smallest absolute Gasteiger partial charge is 0.317 e. The third-order valence-corrected chi connectivity index (χ3v) is 5.02. The Balaban J connectivity index is 1.42. The standard InChI is InChI=1S/C19H29N3O3/c23-15-17-7-4-8-22(13-17)19(24)20-11-18-14-21(9-10-25-18)12-16-5-2-1-3-6-16/h1-3,5-6,17-18,23H,4,7-15H2,(H,20,24). The van der Waals surface area contributed by atoms with Crippen LogP contribution in [0.3, 0.4) is 0 Å². The number of rotatable bonds is 5. The maximum Gasteiger partial charge on any atom is 0.317 e. The number of nitrogens with zero attached hydrogens (tertiary/aromatic N) is 2. The molecule has 2 heterocycles. The van der Waals surface area contributed by atoms with Crippen LogP contribution in [0.5, 0.6) is 0 Å². The Bertz CT molecular complexity index is 540. The molecule has 2 amide bonds. The molecule has 6 heteroatoms. The molecule has 25 heavy (non-hydrogen) atoms. The van der Waals surface area contributed by atoms with E-state index in [2.05, 4.69) is 34.5 Å². The van der Waals surface area contributed by atoms with E-state index < -0.39 is 0 Å². The van der Waals surface area contributed by atoms with Gasteiger partial charge in [-0.3, -0.25) is 4.90 Å². The summed E-state index contributed by atoms with van der Waals surface area (Å²) in [7, 11) is 0. The highest BCUT2D eigenvalue weighted by molar-refractivity contribution is 5.74. The first-order valence-corrected chi connectivity index (χ1v) is 9.26. The number of hydrogen-bond acceptors (Lipinski definition) is 4. The van der Waals surface area contributed by atoms with E-state index in [1.807, 2.05) is 11.0 Å². The number of hydrogen-bond donors (Lipinski definition) is 2. The lowest BCUT2D eigenvalue weighted by atomic mass is 9.99. The summed E-state index contributed by atoms with van der Waals surface area (Å²) in [4.78, 5) is 16.5. The number of carbonyl (C=O) groups is 1. The number of morpholine rings is 1. The van der Waals surface area contributed by atoms with Gasteiger partial charge >= 0.3 is 6.03 Å². The summed E-state index contributed by atoms with van der Waals surface area (Å²) < 4.78 is 5.81.